The zero-order valence-corrected chi connectivity index (χ0v) is 9.51. The van der Waals surface area contributed by atoms with Gasteiger partial charge in [0.05, 0.1) is 11.6 Å². The highest BCUT2D eigenvalue weighted by molar-refractivity contribution is 5.39. The van der Waals surface area contributed by atoms with Gasteiger partial charge in [0.15, 0.2) is 0 Å². The van der Waals surface area contributed by atoms with Gasteiger partial charge in [0, 0.05) is 0 Å². The number of rotatable bonds is 2. The summed E-state index contributed by atoms with van der Waals surface area (Å²) in [4.78, 5) is 0. The lowest BCUT2D eigenvalue weighted by Crippen LogP contribution is -1.84. The van der Waals surface area contributed by atoms with E-state index in [-0.39, 0.29) is 0 Å². The molecule has 1 nitrogen and oxygen atoms in total. The van der Waals surface area contributed by atoms with Gasteiger partial charge in [0.1, 0.15) is 0 Å². The van der Waals surface area contributed by atoms with Crippen molar-refractivity contribution in [1.82, 2.24) is 0 Å². The molecule has 2 atom stereocenters. The standard InChI is InChI=1S/C16H13N/c17-11-12-6-8-14(9-7-12)16-10-15(16)13-4-2-1-3-5-13/h1-9,15-16H,10H2. The Hall–Kier alpha value is -2.07. The Morgan fingerprint density at radius 2 is 1.41 bits per heavy atom. The van der Waals surface area contributed by atoms with Crippen LogP contribution in [0.4, 0.5) is 0 Å². The maximum atomic E-state index is 8.76. The van der Waals surface area contributed by atoms with E-state index in [2.05, 4.69) is 48.5 Å². The van der Waals surface area contributed by atoms with Crippen molar-refractivity contribution in [3.05, 3.63) is 71.3 Å². The first-order chi connectivity index (χ1) is 8.38. The van der Waals surface area contributed by atoms with Crippen molar-refractivity contribution in [1.29, 1.82) is 5.26 Å². The Bertz CT molecular complexity index is 548. The third kappa shape index (κ3) is 1.94. The maximum Gasteiger partial charge on any atom is 0.0991 e. The van der Waals surface area contributed by atoms with E-state index in [0.717, 1.165) is 5.56 Å². The fraction of sp³-hybridized carbons (Fsp3) is 0.188. The number of nitrogens with zero attached hydrogens (tertiary/aromatic N) is 1. The van der Waals surface area contributed by atoms with Crippen molar-refractivity contribution in [3.8, 4) is 6.07 Å². The molecule has 17 heavy (non-hydrogen) atoms. The van der Waals surface area contributed by atoms with Gasteiger partial charge in [0.25, 0.3) is 0 Å². The number of benzene rings is 2. The van der Waals surface area contributed by atoms with E-state index in [4.69, 9.17) is 5.26 Å². The molecule has 1 fully saturated rings. The van der Waals surface area contributed by atoms with E-state index in [1.807, 2.05) is 12.1 Å². The number of hydrogen-bond acceptors (Lipinski definition) is 1. The highest BCUT2D eigenvalue weighted by Gasteiger charge is 2.39. The van der Waals surface area contributed by atoms with Crippen molar-refractivity contribution in [2.75, 3.05) is 0 Å². The first kappa shape index (κ1) is 10.1. The van der Waals surface area contributed by atoms with Gasteiger partial charge in [-0.3, -0.25) is 0 Å². The van der Waals surface area contributed by atoms with Crippen molar-refractivity contribution in [3.63, 3.8) is 0 Å². The molecule has 0 N–H and O–H groups in total. The summed E-state index contributed by atoms with van der Waals surface area (Å²) < 4.78 is 0. The van der Waals surface area contributed by atoms with Crippen LogP contribution in [-0.2, 0) is 0 Å². The van der Waals surface area contributed by atoms with E-state index in [9.17, 15) is 0 Å². The monoisotopic (exact) mass is 219 g/mol. The van der Waals surface area contributed by atoms with Gasteiger partial charge in [-0.15, -0.1) is 0 Å². The quantitative estimate of drug-likeness (QED) is 0.753. The van der Waals surface area contributed by atoms with Gasteiger partial charge in [-0.2, -0.15) is 5.26 Å². The predicted molar refractivity (Wildman–Crippen MR) is 67.7 cm³/mol. The van der Waals surface area contributed by atoms with Gasteiger partial charge >= 0.3 is 0 Å². The third-order valence-corrected chi connectivity index (χ3v) is 3.49. The fourth-order valence-electron chi connectivity index (χ4n) is 2.44. The molecule has 3 rings (SSSR count). The zero-order chi connectivity index (χ0) is 11.7. The average molecular weight is 219 g/mol. The van der Waals surface area contributed by atoms with Crippen LogP contribution in [0.3, 0.4) is 0 Å². The fourth-order valence-corrected chi connectivity index (χ4v) is 2.44. The van der Waals surface area contributed by atoms with Gasteiger partial charge in [-0.05, 0) is 41.5 Å². The minimum atomic E-state index is 0.644. The predicted octanol–water partition coefficient (Wildman–Crippen LogP) is 3.83. The number of nitriles is 1. The topological polar surface area (TPSA) is 23.8 Å². The van der Waals surface area contributed by atoms with Crippen molar-refractivity contribution in [2.45, 2.75) is 18.3 Å². The molecule has 0 aliphatic heterocycles. The summed E-state index contributed by atoms with van der Waals surface area (Å²) in [5.41, 5.74) is 3.53. The summed E-state index contributed by atoms with van der Waals surface area (Å²) in [6.45, 7) is 0. The third-order valence-electron chi connectivity index (χ3n) is 3.49. The Morgan fingerprint density at radius 1 is 0.824 bits per heavy atom. The molecule has 1 heteroatoms. The molecule has 0 amide bonds. The van der Waals surface area contributed by atoms with Gasteiger partial charge in [0.2, 0.25) is 0 Å². The molecule has 0 spiro atoms. The molecule has 2 unspecified atom stereocenters. The zero-order valence-electron chi connectivity index (χ0n) is 9.51. The molecule has 0 radical (unpaired) electrons. The lowest BCUT2D eigenvalue weighted by Gasteiger charge is -2.01. The Balaban J connectivity index is 1.78. The van der Waals surface area contributed by atoms with Crippen molar-refractivity contribution in [2.24, 2.45) is 0 Å². The molecule has 1 aliphatic carbocycles. The normalized spacial score (nSPS) is 21.8. The molecule has 82 valence electrons. The van der Waals surface area contributed by atoms with E-state index in [0.29, 0.717) is 11.8 Å². The minimum absolute atomic E-state index is 0.644. The molecule has 0 bridgehead atoms. The van der Waals surface area contributed by atoms with Gasteiger partial charge in [-0.25, -0.2) is 0 Å². The van der Waals surface area contributed by atoms with Crippen LogP contribution in [0.2, 0.25) is 0 Å². The highest BCUT2D eigenvalue weighted by Crippen LogP contribution is 2.54. The molecule has 2 aromatic carbocycles. The molecular weight excluding hydrogens is 206 g/mol. The summed E-state index contributed by atoms with van der Waals surface area (Å²) in [6, 6.07) is 20.8. The van der Waals surface area contributed by atoms with Crippen LogP contribution in [0.25, 0.3) is 0 Å². The lowest BCUT2D eigenvalue weighted by atomic mass is 10.0. The van der Waals surface area contributed by atoms with Crippen LogP contribution in [0.1, 0.15) is 34.9 Å². The minimum Gasteiger partial charge on any atom is -0.192 e. The molecule has 0 heterocycles. The summed E-state index contributed by atoms with van der Waals surface area (Å²) >= 11 is 0. The molecule has 0 aromatic heterocycles. The van der Waals surface area contributed by atoms with E-state index in [1.54, 1.807) is 0 Å². The first-order valence-corrected chi connectivity index (χ1v) is 5.93. The summed E-state index contributed by atoms with van der Waals surface area (Å²) in [6.07, 6.45) is 1.23. The Labute approximate surface area is 101 Å². The van der Waals surface area contributed by atoms with Crippen LogP contribution < -0.4 is 0 Å². The molecule has 1 aliphatic rings. The average Bonchev–Trinajstić information content (AvgIpc) is 3.20. The highest BCUT2D eigenvalue weighted by atomic mass is 14.4. The second-order valence-electron chi connectivity index (χ2n) is 4.59. The SMILES string of the molecule is N#Cc1ccc(C2CC2c2ccccc2)cc1. The van der Waals surface area contributed by atoms with Crippen LogP contribution in [0.15, 0.2) is 54.6 Å². The first-order valence-electron chi connectivity index (χ1n) is 5.93. The smallest absolute Gasteiger partial charge is 0.0991 e. The summed E-state index contributed by atoms with van der Waals surface area (Å²) in [5.74, 6) is 1.31. The molecule has 2 aromatic rings. The second kappa shape index (κ2) is 4.07. The van der Waals surface area contributed by atoms with Crippen LogP contribution in [-0.4, -0.2) is 0 Å². The van der Waals surface area contributed by atoms with Crippen LogP contribution in [0.5, 0.6) is 0 Å². The maximum absolute atomic E-state index is 8.76. The largest absolute Gasteiger partial charge is 0.192 e. The van der Waals surface area contributed by atoms with Gasteiger partial charge in [-0.1, -0.05) is 42.5 Å². The number of hydrogen-bond donors (Lipinski definition) is 0. The summed E-state index contributed by atoms with van der Waals surface area (Å²) in [7, 11) is 0. The molecule has 1 saturated carbocycles. The second-order valence-corrected chi connectivity index (χ2v) is 4.59. The van der Waals surface area contributed by atoms with Crippen LogP contribution >= 0.6 is 0 Å². The van der Waals surface area contributed by atoms with Crippen molar-refractivity contribution < 1.29 is 0 Å². The van der Waals surface area contributed by atoms with E-state index in [1.165, 1.54) is 17.5 Å². The summed E-state index contributed by atoms with van der Waals surface area (Å²) in [5, 5.41) is 8.76. The van der Waals surface area contributed by atoms with Gasteiger partial charge < -0.3 is 0 Å². The Kier molecular flexibility index (Phi) is 2.42. The van der Waals surface area contributed by atoms with Crippen LogP contribution in [0, 0.1) is 11.3 Å². The van der Waals surface area contributed by atoms with E-state index >= 15 is 0 Å². The Morgan fingerprint density at radius 3 is 2.00 bits per heavy atom. The van der Waals surface area contributed by atoms with Crippen molar-refractivity contribution >= 4 is 0 Å². The van der Waals surface area contributed by atoms with E-state index < -0.39 is 0 Å². The molecular formula is C16H13N. The lowest BCUT2D eigenvalue weighted by molar-refractivity contribution is 1.03. The molecule has 0 saturated heterocycles.